The number of nitrogens with one attached hydrogen (secondary N) is 2. The third-order valence-corrected chi connectivity index (χ3v) is 9.15. The van der Waals surface area contributed by atoms with Gasteiger partial charge in [-0.1, -0.05) is 151 Å². The van der Waals surface area contributed by atoms with E-state index >= 15 is 0 Å². The van der Waals surface area contributed by atoms with Gasteiger partial charge in [0, 0.05) is 12.8 Å². The Morgan fingerprint density at radius 3 is 1.64 bits per heavy atom. The van der Waals surface area contributed by atoms with Crippen LogP contribution >= 0.6 is 0 Å². The van der Waals surface area contributed by atoms with E-state index in [1.54, 1.807) is 0 Å². The quantitative estimate of drug-likeness (QED) is 0.0277. The van der Waals surface area contributed by atoms with Gasteiger partial charge in [-0.05, 0) is 83.1 Å². The topological polar surface area (TPSA) is 142 Å². The Hall–Kier alpha value is -3.72. The number of aliphatic hydroxyl groups is 1. The molecule has 2 atom stereocenters. The van der Waals surface area contributed by atoms with Gasteiger partial charge >= 0.3 is 11.9 Å². The van der Waals surface area contributed by atoms with E-state index in [1.807, 2.05) is 6.08 Å². The number of aliphatic hydroxyl groups excluding tert-OH is 1. The number of ether oxygens (including phenoxy) is 1. The van der Waals surface area contributed by atoms with Gasteiger partial charge in [-0.15, -0.1) is 0 Å². The van der Waals surface area contributed by atoms with Crippen LogP contribution < -0.4 is 10.6 Å². The summed E-state index contributed by atoms with van der Waals surface area (Å²) in [4.78, 5) is 47.4. The van der Waals surface area contributed by atoms with Crippen molar-refractivity contribution in [2.45, 2.75) is 187 Å². The Balaban J connectivity index is 4.08. The maximum Gasteiger partial charge on any atom is 0.328 e. The molecule has 0 aliphatic carbocycles. The minimum absolute atomic E-state index is 0.138. The zero-order valence-corrected chi connectivity index (χ0v) is 35.1. The Labute approximate surface area is 340 Å². The van der Waals surface area contributed by atoms with Crippen molar-refractivity contribution in [3.63, 3.8) is 0 Å². The molecule has 2 unspecified atom stereocenters. The molecule has 0 aliphatic heterocycles. The molecule has 0 radical (unpaired) electrons. The summed E-state index contributed by atoms with van der Waals surface area (Å²) < 4.78 is 5.86. The maximum absolute atomic E-state index is 12.7. The summed E-state index contributed by atoms with van der Waals surface area (Å²) in [5, 5.41) is 22.5. The van der Waals surface area contributed by atoms with Gasteiger partial charge in [0.25, 0.3) is 0 Å². The van der Waals surface area contributed by atoms with Crippen molar-refractivity contribution in [1.82, 2.24) is 10.6 Å². The number of hydrogen-bond acceptors (Lipinski definition) is 6. The average Bonchev–Trinajstić information content (AvgIpc) is 3.18. The molecule has 9 nitrogen and oxygen atoms in total. The minimum atomic E-state index is -1.39. The normalized spacial score (nSPS) is 13.2. The summed E-state index contributed by atoms with van der Waals surface area (Å²) in [5.74, 6) is -2.44. The van der Waals surface area contributed by atoms with Gasteiger partial charge < -0.3 is 25.6 Å². The Kier molecular flexibility index (Phi) is 38.2. The summed E-state index contributed by atoms with van der Waals surface area (Å²) in [5.41, 5.74) is 0. The second-order valence-electron chi connectivity index (χ2n) is 14.4. The summed E-state index contributed by atoms with van der Waals surface area (Å²) >= 11 is 0. The highest BCUT2D eigenvalue weighted by Crippen LogP contribution is 2.15. The van der Waals surface area contributed by atoms with Crippen LogP contribution in [0, 0.1) is 0 Å². The van der Waals surface area contributed by atoms with E-state index in [0.29, 0.717) is 12.8 Å². The minimum Gasteiger partial charge on any atom is -0.480 e. The molecule has 0 spiro atoms. The first-order valence-corrected chi connectivity index (χ1v) is 21.8. The molecule has 0 aliphatic rings. The van der Waals surface area contributed by atoms with Crippen LogP contribution in [0.4, 0.5) is 0 Å². The fourth-order valence-corrected chi connectivity index (χ4v) is 5.84. The van der Waals surface area contributed by atoms with Crippen LogP contribution in [0.3, 0.4) is 0 Å². The van der Waals surface area contributed by atoms with Crippen LogP contribution in [0.2, 0.25) is 0 Å². The number of carbonyl (C=O) groups excluding carboxylic acids is 3. The van der Waals surface area contributed by atoms with E-state index < -0.39 is 24.5 Å². The molecule has 0 heterocycles. The van der Waals surface area contributed by atoms with Crippen molar-refractivity contribution in [2.75, 3.05) is 13.2 Å². The molecular formula is C47H78N2O7. The van der Waals surface area contributed by atoms with Crippen LogP contribution in [0.5, 0.6) is 0 Å². The van der Waals surface area contributed by atoms with Gasteiger partial charge in [0.15, 0.2) is 0 Å². The van der Waals surface area contributed by atoms with E-state index in [9.17, 15) is 19.2 Å². The smallest absolute Gasteiger partial charge is 0.328 e. The average molecular weight is 783 g/mol. The molecular weight excluding hydrogens is 705 g/mol. The number of esters is 1. The molecule has 4 N–H and O–H groups in total. The molecule has 0 saturated heterocycles. The number of allylic oxidation sites excluding steroid dienone is 11. The molecule has 0 saturated carbocycles. The molecule has 56 heavy (non-hydrogen) atoms. The highest BCUT2D eigenvalue weighted by atomic mass is 16.5. The highest BCUT2D eigenvalue weighted by Gasteiger charge is 2.18. The second kappa shape index (κ2) is 40.9. The van der Waals surface area contributed by atoms with Gasteiger partial charge in [-0.2, -0.15) is 0 Å². The van der Waals surface area contributed by atoms with Crippen molar-refractivity contribution in [3.8, 4) is 0 Å². The summed E-state index contributed by atoms with van der Waals surface area (Å²) in [6, 6.07) is -1.39. The van der Waals surface area contributed by atoms with Crippen LogP contribution in [-0.4, -0.2) is 59.3 Å². The number of aliphatic carboxylic acids is 1. The monoisotopic (exact) mass is 783 g/mol. The lowest BCUT2D eigenvalue weighted by atomic mass is 10.0. The summed E-state index contributed by atoms with van der Waals surface area (Å²) in [6.07, 6.45) is 51.1. The molecule has 0 aromatic rings. The number of carboxylic acids is 1. The Morgan fingerprint density at radius 2 is 1.07 bits per heavy atom. The fraction of sp³-hybridized carbons (Fsp3) is 0.660. The molecule has 0 rings (SSSR count). The van der Waals surface area contributed by atoms with Gasteiger partial charge in [0.1, 0.15) is 12.1 Å². The maximum atomic E-state index is 12.7. The van der Waals surface area contributed by atoms with Crippen LogP contribution in [-0.2, 0) is 23.9 Å². The van der Waals surface area contributed by atoms with Crippen molar-refractivity contribution in [2.24, 2.45) is 0 Å². The lowest BCUT2D eigenvalue weighted by Crippen LogP contribution is -2.47. The van der Waals surface area contributed by atoms with Gasteiger partial charge in [0.05, 0.1) is 13.2 Å². The van der Waals surface area contributed by atoms with Gasteiger partial charge in [-0.25, -0.2) is 4.79 Å². The number of carbonyl (C=O) groups is 4. The van der Waals surface area contributed by atoms with E-state index in [2.05, 4.69) is 91.3 Å². The molecule has 0 aromatic heterocycles. The molecule has 2 amide bonds. The standard InChI is InChI=1S/C47H78N2O7/c1-3-5-7-9-11-12-13-14-15-16-17-18-19-20-21-22-23-24-25-26-27-29-35-39-46(53)56-42(36-32-28-10-8-6-4-2)37-33-30-31-34-38-44(51)48-40-45(52)49-43(41-50)47(54)55/h5,7-8,10-12,14-15,17-18,32,36,42-43,50H,3-4,6,9,13,16,19-31,33-35,37-41H2,1-2H3,(H,48,51)(H,49,52)(H,54,55)/b7-5-,10-8-,12-11-,15-14-,18-17-,36-32-. The number of amides is 2. The third-order valence-electron chi connectivity index (χ3n) is 9.15. The van der Waals surface area contributed by atoms with Crippen LogP contribution in [0.15, 0.2) is 72.9 Å². The summed E-state index contributed by atoms with van der Waals surface area (Å²) in [7, 11) is 0. The lowest BCUT2D eigenvalue weighted by molar-refractivity contribution is -0.147. The number of rotatable bonds is 38. The first-order valence-electron chi connectivity index (χ1n) is 21.8. The second-order valence-corrected chi connectivity index (χ2v) is 14.4. The number of carboxylic acid groups (broad SMARTS) is 1. The molecule has 0 aromatic carbocycles. The summed E-state index contributed by atoms with van der Waals surface area (Å²) in [6.45, 7) is 3.24. The van der Waals surface area contributed by atoms with E-state index in [4.69, 9.17) is 14.9 Å². The SMILES string of the molecule is CC/C=C\C/C=C\C/C=C\C/C=C\CCCCCCCCCCCCC(=O)OC(/C=C\C/C=C\CCC)CCCCCCC(=O)NCC(=O)NC(CO)C(=O)O. The predicted molar refractivity (Wildman–Crippen MR) is 231 cm³/mol. The molecule has 9 heteroatoms. The van der Waals surface area contributed by atoms with Crippen molar-refractivity contribution >= 4 is 23.8 Å². The molecule has 0 bridgehead atoms. The zero-order valence-electron chi connectivity index (χ0n) is 35.1. The number of hydrogen-bond donors (Lipinski definition) is 4. The lowest BCUT2D eigenvalue weighted by Gasteiger charge is -2.15. The zero-order chi connectivity index (χ0) is 41.2. The molecule has 318 valence electrons. The first kappa shape index (κ1) is 52.3. The van der Waals surface area contributed by atoms with Gasteiger partial charge in [-0.3, -0.25) is 14.4 Å². The first-order chi connectivity index (χ1) is 27.3. The Bertz CT molecular complexity index is 1170. The van der Waals surface area contributed by atoms with Crippen molar-refractivity contribution < 1.29 is 34.1 Å². The number of unbranched alkanes of at least 4 members (excludes halogenated alkanes) is 14. The van der Waals surface area contributed by atoms with E-state index in [0.717, 1.165) is 89.9 Å². The fourth-order valence-electron chi connectivity index (χ4n) is 5.84. The van der Waals surface area contributed by atoms with Crippen LogP contribution in [0.1, 0.15) is 174 Å². The van der Waals surface area contributed by atoms with Crippen molar-refractivity contribution in [1.29, 1.82) is 0 Å². The van der Waals surface area contributed by atoms with Crippen molar-refractivity contribution in [3.05, 3.63) is 72.9 Å². The predicted octanol–water partition coefficient (Wildman–Crippen LogP) is 10.7. The third kappa shape index (κ3) is 37.2. The van der Waals surface area contributed by atoms with E-state index in [1.165, 1.54) is 51.4 Å². The highest BCUT2D eigenvalue weighted by molar-refractivity contribution is 5.87. The van der Waals surface area contributed by atoms with E-state index in [-0.39, 0.29) is 30.9 Å². The van der Waals surface area contributed by atoms with Crippen LogP contribution in [0.25, 0.3) is 0 Å². The Morgan fingerprint density at radius 1 is 0.571 bits per heavy atom. The van der Waals surface area contributed by atoms with Gasteiger partial charge in [0.2, 0.25) is 11.8 Å². The largest absolute Gasteiger partial charge is 0.480 e. The molecule has 0 fully saturated rings.